The summed E-state index contributed by atoms with van der Waals surface area (Å²) >= 11 is 0. The van der Waals surface area contributed by atoms with Crippen molar-refractivity contribution in [2.24, 2.45) is 5.41 Å². The first-order chi connectivity index (χ1) is 9.85. The van der Waals surface area contributed by atoms with Gasteiger partial charge in [0.25, 0.3) is 0 Å². The van der Waals surface area contributed by atoms with Gasteiger partial charge in [-0.3, -0.25) is 9.69 Å². The fourth-order valence-electron chi connectivity index (χ4n) is 3.15. The van der Waals surface area contributed by atoms with Crippen molar-refractivity contribution < 1.29 is 14.3 Å². The second-order valence-electron chi connectivity index (χ2n) is 6.23. The van der Waals surface area contributed by atoms with Gasteiger partial charge in [-0.05, 0) is 42.5 Å². The van der Waals surface area contributed by atoms with Crippen molar-refractivity contribution in [2.45, 2.75) is 39.3 Å². The van der Waals surface area contributed by atoms with E-state index in [0.29, 0.717) is 13.1 Å². The van der Waals surface area contributed by atoms with Crippen LogP contribution in [0, 0.1) is 22.6 Å². The molecule has 1 unspecified atom stereocenters. The molecule has 0 radical (unpaired) electrons. The zero-order chi connectivity index (χ0) is 15.6. The number of likely N-dealkylation sites (tertiary alicyclic amines) is 1. The number of halogens is 1. The number of carboxylic acids is 1. The Morgan fingerprint density at radius 2 is 2.29 bits per heavy atom. The number of carboxylic acid groups (broad SMARTS) is 1. The van der Waals surface area contributed by atoms with E-state index in [1.54, 1.807) is 6.07 Å². The molecule has 0 bridgehead atoms. The Morgan fingerprint density at radius 3 is 2.90 bits per heavy atom. The molecule has 1 heterocycles. The van der Waals surface area contributed by atoms with Crippen LogP contribution in [0.1, 0.15) is 37.8 Å². The SMILES string of the molecule is CC1(C)CCCN(Cc2ccc(F)c(C#N)c2)C1C(=O)O. The molecule has 1 saturated heterocycles. The minimum Gasteiger partial charge on any atom is -0.480 e. The van der Waals surface area contributed by atoms with Crippen LogP contribution in [-0.4, -0.2) is 28.6 Å². The monoisotopic (exact) mass is 290 g/mol. The molecule has 1 N–H and O–H groups in total. The minimum absolute atomic E-state index is 0.00403. The van der Waals surface area contributed by atoms with Crippen LogP contribution in [0.4, 0.5) is 4.39 Å². The van der Waals surface area contributed by atoms with Gasteiger partial charge in [-0.2, -0.15) is 5.26 Å². The third-order valence-corrected chi connectivity index (χ3v) is 4.14. The highest BCUT2D eigenvalue weighted by molar-refractivity contribution is 5.74. The van der Waals surface area contributed by atoms with Crippen LogP contribution in [0.5, 0.6) is 0 Å². The average Bonchev–Trinajstić information content (AvgIpc) is 2.39. The predicted molar refractivity (Wildman–Crippen MR) is 76.0 cm³/mol. The van der Waals surface area contributed by atoms with E-state index in [-0.39, 0.29) is 11.0 Å². The molecule has 1 aromatic rings. The summed E-state index contributed by atoms with van der Waals surface area (Å²) in [4.78, 5) is 13.5. The van der Waals surface area contributed by atoms with Crippen molar-refractivity contribution in [3.8, 4) is 6.07 Å². The topological polar surface area (TPSA) is 64.3 Å². The van der Waals surface area contributed by atoms with E-state index < -0.39 is 17.8 Å². The summed E-state index contributed by atoms with van der Waals surface area (Å²) in [5.74, 6) is -1.38. The van der Waals surface area contributed by atoms with Gasteiger partial charge in [-0.1, -0.05) is 19.9 Å². The molecular formula is C16H19FN2O2. The number of hydrogen-bond donors (Lipinski definition) is 1. The number of aliphatic carboxylic acids is 1. The quantitative estimate of drug-likeness (QED) is 0.929. The molecule has 2 rings (SSSR count). The van der Waals surface area contributed by atoms with Gasteiger partial charge < -0.3 is 5.11 Å². The highest BCUT2D eigenvalue weighted by Crippen LogP contribution is 2.36. The second-order valence-corrected chi connectivity index (χ2v) is 6.23. The first kappa shape index (κ1) is 15.5. The lowest BCUT2D eigenvalue weighted by Crippen LogP contribution is -2.53. The van der Waals surface area contributed by atoms with E-state index in [1.165, 1.54) is 12.1 Å². The molecule has 0 amide bonds. The zero-order valence-corrected chi connectivity index (χ0v) is 12.3. The first-order valence-corrected chi connectivity index (χ1v) is 7.00. The molecule has 0 spiro atoms. The number of nitrogens with zero attached hydrogens (tertiary/aromatic N) is 2. The van der Waals surface area contributed by atoms with E-state index >= 15 is 0 Å². The molecule has 0 aromatic heterocycles. The Hall–Kier alpha value is -1.93. The fourth-order valence-corrected chi connectivity index (χ4v) is 3.15. The molecular weight excluding hydrogens is 271 g/mol. The Balaban J connectivity index is 2.25. The number of benzene rings is 1. The Kier molecular flexibility index (Phi) is 4.29. The first-order valence-electron chi connectivity index (χ1n) is 7.00. The standard InChI is InChI=1S/C16H19FN2O2/c1-16(2)6-3-7-19(14(16)15(20)21)10-11-4-5-13(17)12(8-11)9-18/h4-5,8,14H,3,6-7,10H2,1-2H3,(H,20,21). The molecule has 5 heteroatoms. The summed E-state index contributed by atoms with van der Waals surface area (Å²) in [6.07, 6.45) is 1.80. The molecule has 0 aliphatic carbocycles. The van der Waals surface area contributed by atoms with Crippen molar-refractivity contribution in [1.82, 2.24) is 4.90 Å². The van der Waals surface area contributed by atoms with E-state index in [0.717, 1.165) is 18.4 Å². The maximum absolute atomic E-state index is 13.3. The molecule has 0 saturated carbocycles. The normalized spacial score (nSPS) is 21.7. The van der Waals surface area contributed by atoms with Gasteiger partial charge >= 0.3 is 5.97 Å². The number of hydrogen-bond acceptors (Lipinski definition) is 3. The van der Waals surface area contributed by atoms with Crippen LogP contribution < -0.4 is 0 Å². The summed E-state index contributed by atoms with van der Waals surface area (Å²) in [6, 6.07) is 5.61. The highest BCUT2D eigenvalue weighted by Gasteiger charge is 2.42. The van der Waals surface area contributed by atoms with Gasteiger partial charge in [0.2, 0.25) is 0 Å². The summed E-state index contributed by atoms with van der Waals surface area (Å²) in [5.41, 5.74) is 0.454. The summed E-state index contributed by atoms with van der Waals surface area (Å²) in [7, 11) is 0. The summed E-state index contributed by atoms with van der Waals surface area (Å²) in [5, 5.41) is 18.4. The van der Waals surface area contributed by atoms with Gasteiger partial charge in [-0.25, -0.2) is 4.39 Å². The van der Waals surface area contributed by atoms with Gasteiger partial charge in [0.1, 0.15) is 17.9 Å². The van der Waals surface area contributed by atoms with Crippen LogP contribution in [0.2, 0.25) is 0 Å². The molecule has 1 aromatic carbocycles. The van der Waals surface area contributed by atoms with Gasteiger partial charge in [-0.15, -0.1) is 0 Å². The van der Waals surface area contributed by atoms with Crippen LogP contribution in [0.25, 0.3) is 0 Å². The van der Waals surface area contributed by atoms with Gasteiger partial charge in [0.05, 0.1) is 5.56 Å². The third-order valence-electron chi connectivity index (χ3n) is 4.14. The lowest BCUT2D eigenvalue weighted by Gasteiger charge is -2.44. The molecule has 1 aliphatic rings. The molecule has 1 atom stereocenters. The molecule has 4 nitrogen and oxygen atoms in total. The van der Waals surface area contributed by atoms with Crippen molar-refractivity contribution in [2.75, 3.05) is 6.54 Å². The average molecular weight is 290 g/mol. The summed E-state index contributed by atoms with van der Waals surface area (Å²) in [6.45, 7) is 5.03. The van der Waals surface area contributed by atoms with Crippen molar-refractivity contribution in [1.29, 1.82) is 5.26 Å². The minimum atomic E-state index is -0.831. The maximum Gasteiger partial charge on any atom is 0.321 e. The number of carbonyl (C=O) groups is 1. The fraction of sp³-hybridized carbons (Fsp3) is 0.500. The lowest BCUT2D eigenvalue weighted by molar-refractivity contribution is -0.151. The van der Waals surface area contributed by atoms with E-state index in [9.17, 15) is 14.3 Å². The van der Waals surface area contributed by atoms with E-state index in [1.807, 2.05) is 24.8 Å². The number of nitriles is 1. The second kappa shape index (κ2) is 5.82. The van der Waals surface area contributed by atoms with E-state index in [2.05, 4.69) is 0 Å². The zero-order valence-electron chi connectivity index (χ0n) is 12.3. The number of rotatable bonds is 3. The molecule has 1 fully saturated rings. The number of piperidine rings is 1. The van der Waals surface area contributed by atoms with Crippen LogP contribution in [0.15, 0.2) is 18.2 Å². The van der Waals surface area contributed by atoms with Crippen molar-refractivity contribution >= 4 is 5.97 Å². The highest BCUT2D eigenvalue weighted by atomic mass is 19.1. The third kappa shape index (κ3) is 3.22. The maximum atomic E-state index is 13.3. The van der Waals surface area contributed by atoms with E-state index in [4.69, 9.17) is 5.26 Å². The Labute approximate surface area is 123 Å². The lowest BCUT2D eigenvalue weighted by atomic mass is 9.76. The van der Waals surface area contributed by atoms with Gasteiger partial charge in [0, 0.05) is 6.54 Å². The summed E-state index contributed by atoms with van der Waals surface area (Å²) < 4.78 is 13.3. The Bertz CT molecular complexity index is 592. The Morgan fingerprint density at radius 1 is 1.57 bits per heavy atom. The van der Waals surface area contributed by atoms with Gasteiger partial charge in [0.15, 0.2) is 0 Å². The smallest absolute Gasteiger partial charge is 0.321 e. The molecule has 21 heavy (non-hydrogen) atoms. The van der Waals surface area contributed by atoms with Crippen molar-refractivity contribution in [3.05, 3.63) is 35.1 Å². The van der Waals surface area contributed by atoms with Crippen molar-refractivity contribution in [3.63, 3.8) is 0 Å². The predicted octanol–water partition coefficient (Wildman–Crippen LogP) is 2.77. The molecule has 112 valence electrons. The van der Waals surface area contributed by atoms with Crippen LogP contribution in [0.3, 0.4) is 0 Å². The van der Waals surface area contributed by atoms with Crippen LogP contribution in [-0.2, 0) is 11.3 Å². The van der Waals surface area contributed by atoms with Crippen LogP contribution >= 0.6 is 0 Å². The molecule has 1 aliphatic heterocycles. The largest absolute Gasteiger partial charge is 0.480 e.